The fraction of sp³-hybridized carbons (Fsp3) is 0.111. The van der Waals surface area contributed by atoms with E-state index in [9.17, 15) is 9.18 Å². The molecule has 1 aromatic rings. The van der Waals surface area contributed by atoms with Gasteiger partial charge in [-0.15, -0.1) is 0 Å². The summed E-state index contributed by atoms with van der Waals surface area (Å²) in [7, 11) is 0. The number of carboxylic acids is 1. The molecule has 6 heteroatoms. The van der Waals surface area contributed by atoms with Crippen LogP contribution in [0.1, 0.15) is 23.0 Å². The molecule has 1 heterocycles. The summed E-state index contributed by atoms with van der Waals surface area (Å²) in [4.78, 5) is 14.2. The number of hydrogen-bond acceptors (Lipinski definition) is 3. The van der Waals surface area contributed by atoms with Crippen LogP contribution in [-0.4, -0.2) is 16.1 Å². The van der Waals surface area contributed by atoms with Crippen LogP contribution >= 0.6 is 11.6 Å². The van der Waals surface area contributed by atoms with Gasteiger partial charge < -0.3 is 10.8 Å². The van der Waals surface area contributed by atoms with E-state index in [0.717, 1.165) is 0 Å². The van der Waals surface area contributed by atoms with Gasteiger partial charge in [-0.25, -0.2) is 14.2 Å². The van der Waals surface area contributed by atoms with Crippen molar-refractivity contribution in [3.63, 3.8) is 0 Å². The van der Waals surface area contributed by atoms with Gasteiger partial charge in [0.05, 0.1) is 5.69 Å². The maximum Gasteiger partial charge on any atom is 0.355 e. The number of halogens is 2. The lowest BCUT2D eigenvalue weighted by Crippen LogP contribution is -2.09. The third kappa shape index (κ3) is 2.07. The highest BCUT2D eigenvalue weighted by Crippen LogP contribution is 2.26. The van der Waals surface area contributed by atoms with Crippen molar-refractivity contribution in [2.75, 3.05) is 5.73 Å². The van der Waals surface area contributed by atoms with Gasteiger partial charge in [-0.05, 0) is 6.92 Å². The van der Waals surface area contributed by atoms with E-state index < -0.39 is 16.9 Å². The minimum atomic E-state index is -1.31. The second-order valence-electron chi connectivity index (χ2n) is 2.70. The van der Waals surface area contributed by atoms with Crippen LogP contribution in [0.2, 0.25) is 5.15 Å². The maximum atomic E-state index is 13.2. The number of aromatic carboxylic acids is 1. The molecule has 0 atom stereocenters. The highest BCUT2D eigenvalue weighted by Gasteiger charge is 2.19. The molecule has 0 saturated carbocycles. The minimum absolute atomic E-state index is 0.0203. The second kappa shape index (κ2) is 4.27. The van der Waals surface area contributed by atoms with E-state index in [1.807, 2.05) is 0 Å². The number of hydrogen-bond donors (Lipinski definition) is 2. The van der Waals surface area contributed by atoms with E-state index in [2.05, 4.69) is 4.98 Å². The Kier molecular flexibility index (Phi) is 3.26. The van der Waals surface area contributed by atoms with Gasteiger partial charge in [-0.2, -0.15) is 0 Å². The predicted octanol–water partition coefficient (Wildman–Crippen LogP) is 2.19. The molecule has 80 valence electrons. The summed E-state index contributed by atoms with van der Waals surface area (Å²) in [5.41, 5.74) is 4.74. The van der Waals surface area contributed by atoms with E-state index in [0.29, 0.717) is 0 Å². The van der Waals surface area contributed by atoms with Gasteiger partial charge in [0.25, 0.3) is 0 Å². The normalized spacial score (nSPS) is 10.9. The van der Waals surface area contributed by atoms with Crippen molar-refractivity contribution in [3.05, 3.63) is 28.3 Å². The zero-order valence-electron chi connectivity index (χ0n) is 7.79. The zero-order chi connectivity index (χ0) is 11.6. The third-order valence-electron chi connectivity index (χ3n) is 1.71. The molecule has 0 saturated heterocycles. The van der Waals surface area contributed by atoms with Gasteiger partial charge in [-0.3, -0.25) is 0 Å². The number of allylic oxidation sites excluding steroid dienone is 1. The second-order valence-corrected chi connectivity index (χ2v) is 3.06. The Hall–Kier alpha value is -1.62. The van der Waals surface area contributed by atoms with E-state index in [-0.39, 0.29) is 16.9 Å². The number of carbonyl (C=O) groups is 1. The van der Waals surface area contributed by atoms with Gasteiger partial charge in [0, 0.05) is 5.56 Å². The summed E-state index contributed by atoms with van der Waals surface area (Å²) < 4.78 is 13.2. The molecule has 3 N–H and O–H groups in total. The van der Waals surface area contributed by atoms with Crippen LogP contribution in [0.15, 0.2) is 6.08 Å². The lowest BCUT2D eigenvalue weighted by atomic mass is 10.1. The Morgan fingerprint density at radius 1 is 1.67 bits per heavy atom. The lowest BCUT2D eigenvalue weighted by molar-refractivity contribution is 0.0690. The molecule has 0 spiro atoms. The summed E-state index contributed by atoms with van der Waals surface area (Å²) >= 11 is 5.38. The SMILES string of the molecule is C/C=C\c1c(C(=O)O)nc(Cl)c(F)c1N. The van der Waals surface area contributed by atoms with Crippen LogP contribution in [0, 0.1) is 5.82 Å². The number of carboxylic acid groups (broad SMARTS) is 1. The lowest BCUT2D eigenvalue weighted by Gasteiger charge is -2.06. The number of aromatic nitrogens is 1. The van der Waals surface area contributed by atoms with Crippen molar-refractivity contribution >= 4 is 29.3 Å². The van der Waals surface area contributed by atoms with Crippen LogP contribution in [0.4, 0.5) is 10.1 Å². The molecule has 0 aromatic carbocycles. The minimum Gasteiger partial charge on any atom is -0.476 e. The zero-order valence-corrected chi connectivity index (χ0v) is 8.55. The van der Waals surface area contributed by atoms with Crippen LogP contribution < -0.4 is 5.73 Å². The predicted molar refractivity (Wildman–Crippen MR) is 55.3 cm³/mol. The molecule has 15 heavy (non-hydrogen) atoms. The molecule has 4 nitrogen and oxygen atoms in total. The fourth-order valence-corrected chi connectivity index (χ4v) is 1.25. The third-order valence-corrected chi connectivity index (χ3v) is 1.96. The summed E-state index contributed by atoms with van der Waals surface area (Å²) in [6, 6.07) is 0. The monoisotopic (exact) mass is 230 g/mol. The van der Waals surface area contributed by atoms with Crippen molar-refractivity contribution in [2.45, 2.75) is 6.92 Å². The van der Waals surface area contributed by atoms with Crippen molar-refractivity contribution in [1.29, 1.82) is 0 Å². The Bertz CT molecular complexity index is 446. The quantitative estimate of drug-likeness (QED) is 0.764. The van der Waals surface area contributed by atoms with Gasteiger partial charge >= 0.3 is 5.97 Å². The highest BCUT2D eigenvalue weighted by atomic mass is 35.5. The average Bonchev–Trinajstić information content (AvgIpc) is 2.18. The van der Waals surface area contributed by atoms with E-state index in [1.165, 1.54) is 12.2 Å². The molecule has 0 aliphatic carbocycles. The first-order valence-corrected chi connectivity index (χ1v) is 4.37. The fourth-order valence-electron chi connectivity index (χ4n) is 1.06. The summed E-state index contributed by atoms with van der Waals surface area (Å²) in [6.07, 6.45) is 2.90. The Balaban J connectivity index is 3.57. The molecule has 0 unspecified atom stereocenters. The molecular formula is C9H8ClFN2O2. The number of anilines is 1. The van der Waals surface area contributed by atoms with Gasteiger partial charge in [0.2, 0.25) is 0 Å². The Morgan fingerprint density at radius 3 is 2.73 bits per heavy atom. The van der Waals surface area contributed by atoms with Crippen molar-refractivity contribution in [1.82, 2.24) is 4.98 Å². The Labute approximate surface area is 90.2 Å². The molecule has 0 radical (unpaired) electrons. The molecule has 1 aromatic heterocycles. The van der Waals surface area contributed by atoms with E-state index >= 15 is 0 Å². The van der Waals surface area contributed by atoms with Crippen LogP contribution in [0.5, 0.6) is 0 Å². The number of nitrogens with zero attached hydrogens (tertiary/aromatic N) is 1. The van der Waals surface area contributed by atoms with Crippen LogP contribution in [-0.2, 0) is 0 Å². The number of nitrogen functional groups attached to an aromatic ring is 1. The van der Waals surface area contributed by atoms with Crippen molar-refractivity contribution in [2.24, 2.45) is 0 Å². The first-order chi connectivity index (χ1) is 6.99. The van der Waals surface area contributed by atoms with Crippen LogP contribution in [0.3, 0.4) is 0 Å². The van der Waals surface area contributed by atoms with Gasteiger partial charge in [0.1, 0.15) is 0 Å². The first-order valence-electron chi connectivity index (χ1n) is 3.99. The van der Waals surface area contributed by atoms with Crippen molar-refractivity contribution < 1.29 is 14.3 Å². The number of pyridine rings is 1. The highest BCUT2D eigenvalue weighted by molar-refractivity contribution is 6.30. The van der Waals surface area contributed by atoms with Crippen molar-refractivity contribution in [3.8, 4) is 0 Å². The molecule has 0 bridgehead atoms. The smallest absolute Gasteiger partial charge is 0.355 e. The van der Waals surface area contributed by atoms with E-state index in [4.69, 9.17) is 22.4 Å². The number of nitrogens with two attached hydrogens (primary N) is 1. The standard InChI is InChI=1S/C9H8ClFN2O2/c1-2-3-4-6(12)5(11)8(10)13-7(4)9(14)15/h2-3H,1H3,(H2,12,13)(H,14,15)/b3-2-. The molecule has 1 rings (SSSR count). The molecular weight excluding hydrogens is 223 g/mol. The first kappa shape index (κ1) is 11.5. The number of rotatable bonds is 2. The van der Waals surface area contributed by atoms with Gasteiger partial charge in [0.15, 0.2) is 16.7 Å². The van der Waals surface area contributed by atoms with Crippen LogP contribution in [0.25, 0.3) is 6.08 Å². The summed E-state index contributed by atoms with van der Waals surface area (Å²) in [6.45, 7) is 1.65. The molecule has 0 amide bonds. The van der Waals surface area contributed by atoms with Gasteiger partial charge in [-0.1, -0.05) is 23.8 Å². The van der Waals surface area contributed by atoms with E-state index in [1.54, 1.807) is 6.92 Å². The molecule has 0 fully saturated rings. The Morgan fingerprint density at radius 2 is 2.27 bits per heavy atom. The average molecular weight is 231 g/mol. The topological polar surface area (TPSA) is 76.2 Å². The summed E-state index contributed by atoms with van der Waals surface area (Å²) in [5, 5.41) is 8.26. The maximum absolute atomic E-state index is 13.2. The summed E-state index contributed by atoms with van der Waals surface area (Å²) in [5.74, 6) is -2.22. The molecule has 0 aliphatic rings. The molecule has 0 aliphatic heterocycles. The largest absolute Gasteiger partial charge is 0.476 e.